The smallest absolute Gasteiger partial charge is 0.272 e. The quantitative estimate of drug-likeness (QED) is 0.560. The monoisotopic (exact) mass is 433 g/mol. The van der Waals surface area contributed by atoms with E-state index in [0.29, 0.717) is 18.1 Å². The first-order chi connectivity index (χ1) is 15.5. The number of nitrogens with zero attached hydrogens (tertiary/aromatic N) is 1. The molecule has 0 aliphatic rings. The van der Waals surface area contributed by atoms with E-state index in [-0.39, 0.29) is 21.8 Å². The van der Waals surface area contributed by atoms with E-state index in [4.69, 9.17) is 9.47 Å². The lowest BCUT2D eigenvalue weighted by Crippen LogP contribution is -2.46. The SMILES string of the molecule is COc1cc(C=CC=c2[nH]c(=O)c(=Cc3ccccc3)[nH]c2=O)ccc1OCCN(C)C. The minimum Gasteiger partial charge on any atom is -0.493 e. The van der Waals surface area contributed by atoms with E-state index in [1.54, 1.807) is 25.3 Å². The molecule has 0 bridgehead atoms. The van der Waals surface area contributed by atoms with Gasteiger partial charge in [-0.2, -0.15) is 0 Å². The fourth-order valence-electron chi connectivity index (χ4n) is 2.93. The average molecular weight is 434 g/mol. The van der Waals surface area contributed by atoms with E-state index < -0.39 is 0 Å². The van der Waals surface area contributed by atoms with E-state index in [1.807, 2.05) is 73.6 Å². The molecule has 0 aliphatic heterocycles. The molecule has 2 N–H and O–H groups in total. The maximum absolute atomic E-state index is 12.4. The first-order valence-corrected chi connectivity index (χ1v) is 10.2. The van der Waals surface area contributed by atoms with Crippen LogP contribution in [0.5, 0.6) is 11.5 Å². The summed E-state index contributed by atoms with van der Waals surface area (Å²) in [5.74, 6) is 1.29. The van der Waals surface area contributed by atoms with Crippen LogP contribution in [0.4, 0.5) is 0 Å². The topological polar surface area (TPSA) is 87.4 Å². The molecular weight excluding hydrogens is 406 g/mol. The lowest BCUT2D eigenvalue weighted by molar-refractivity contribution is 0.250. The zero-order chi connectivity index (χ0) is 22.9. The third-order valence-corrected chi connectivity index (χ3v) is 4.63. The molecule has 7 nitrogen and oxygen atoms in total. The van der Waals surface area contributed by atoms with Gasteiger partial charge in [0.25, 0.3) is 11.1 Å². The van der Waals surface area contributed by atoms with Gasteiger partial charge in [-0.15, -0.1) is 0 Å². The van der Waals surface area contributed by atoms with Crippen molar-refractivity contribution in [2.24, 2.45) is 0 Å². The van der Waals surface area contributed by atoms with Crippen LogP contribution in [0.3, 0.4) is 0 Å². The van der Waals surface area contributed by atoms with E-state index in [9.17, 15) is 9.59 Å². The van der Waals surface area contributed by atoms with Crippen LogP contribution in [-0.2, 0) is 0 Å². The molecule has 0 unspecified atom stereocenters. The van der Waals surface area contributed by atoms with Crippen molar-refractivity contribution in [1.82, 2.24) is 14.9 Å². The van der Waals surface area contributed by atoms with Crippen molar-refractivity contribution in [3.8, 4) is 11.5 Å². The molecule has 0 saturated carbocycles. The van der Waals surface area contributed by atoms with Gasteiger partial charge in [0.2, 0.25) is 0 Å². The van der Waals surface area contributed by atoms with Gasteiger partial charge in [0, 0.05) is 6.54 Å². The fraction of sp³-hybridized carbons (Fsp3) is 0.200. The predicted molar refractivity (Wildman–Crippen MR) is 127 cm³/mol. The minimum absolute atomic E-state index is 0.173. The maximum Gasteiger partial charge on any atom is 0.272 e. The van der Waals surface area contributed by atoms with Crippen molar-refractivity contribution >= 4 is 18.2 Å². The number of benzene rings is 2. The van der Waals surface area contributed by atoms with Crippen LogP contribution in [-0.4, -0.2) is 49.2 Å². The van der Waals surface area contributed by atoms with Crippen molar-refractivity contribution in [3.63, 3.8) is 0 Å². The summed E-state index contributed by atoms with van der Waals surface area (Å²) in [4.78, 5) is 32.0. The number of nitrogens with one attached hydrogen (secondary N) is 2. The van der Waals surface area contributed by atoms with Gasteiger partial charge < -0.3 is 24.3 Å². The average Bonchev–Trinajstić information content (AvgIpc) is 2.78. The number of hydrogen-bond acceptors (Lipinski definition) is 5. The molecule has 0 atom stereocenters. The number of allylic oxidation sites excluding steroid dienone is 1. The van der Waals surface area contributed by atoms with Crippen LogP contribution in [0.25, 0.3) is 18.2 Å². The third kappa shape index (κ3) is 6.33. The molecule has 7 heteroatoms. The molecule has 0 aliphatic carbocycles. The number of hydrogen-bond donors (Lipinski definition) is 2. The molecule has 3 aromatic rings. The third-order valence-electron chi connectivity index (χ3n) is 4.63. The van der Waals surface area contributed by atoms with Gasteiger partial charge in [-0.25, -0.2) is 0 Å². The normalized spacial score (nSPS) is 12.6. The molecule has 2 aromatic carbocycles. The van der Waals surface area contributed by atoms with Crippen LogP contribution in [0.1, 0.15) is 11.1 Å². The zero-order valence-electron chi connectivity index (χ0n) is 18.4. The fourth-order valence-corrected chi connectivity index (χ4v) is 2.93. The number of aromatic amines is 2. The second kappa shape index (κ2) is 11.0. The van der Waals surface area contributed by atoms with Crippen molar-refractivity contribution in [1.29, 1.82) is 0 Å². The highest BCUT2D eigenvalue weighted by Crippen LogP contribution is 2.28. The summed E-state index contributed by atoms with van der Waals surface area (Å²) in [5.41, 5.74) is 0.951. The zero-order valence-corrected chi connectivity index (χ0v) is 18.4. The Bertz CT molecular complexity index is 1310. The number of methoxy groups -OCH3 is 1. The molecule has 0 saturated heterocycles. The molecule has 0 amide bonds. The van der Waals surface area contributed by atoms with E-state index in [1.165, 1.54) is 0 Å². The second-order valence-electron chi connectivity index (χ2n) is 7.38. The molecular formula is C25H27N3O4. The van der Waals surface area contributed by atoms with Crippen LogP contribution in [0, 0.1) is 0 Å². The highest BCUT2D eigenvalue weighted by Gasteiger charge is 2.05. The predicted octanol–water partition coefficient (Wildman–Crippen LogP) is 1.33. The maximum atomic E-state index is 12.4. The van der Waals surface area contributed by atoms with Crippen molar-refractivity contribution in [3.05, 3.63) is 97.1 Å². The number of rotatable bonds is 8. The molecule has 1 heterocycles. The summed E-state index contributed by atoms with van der Waals surface area (Å²) >= 11 is 0. The first kappa shape index (κ1) is 22.8. The van der Waals surface area contributed by atoms with Gasteiger partial charge in [0.15, 0.2) is 11.5 Å². The Morgan fingerprint density at radius 2 is 1.62 bits per heavy atom. The number of aromatic nitrogens is 2. The summed E-state index contributed by atoms with van der Waals surface area (Å²) in [6.07, 6.45) is 6.70. The Kier molecular flexibility index (Phi) is 7.83. The van der Waals surface area contributed by atoms with Crippen LogP contribution in [0.15, 0.2) is 64.2 Å². The molecule has 166 valence electrons. The molecule has 1 aromatic heterocycles. The number of H-pyrrole nitrogens is 2. The summed E-state index contributed by atoms with van der Waals surface area (Å²) in [6.45, 7) is 1.36. The van der Waals surface area contributed by atoms with Gasteiger partial charge in [0.1, 0.15) is 17.3 Å². The Morgan fingerprint density at radius 1 is 0.906 bits per heavy atom. The molecule has 0 fully saturated rings. The summed E-state index contributed by atoms with van der Waals surface area (Å²) in [6, 6.07) is 14.9. The molecule has 0 spiro atoms. The van der Waals surface area contributed by atoms with Gasteiger partial charge in [0.05, 0.1) is 7.11 Å². The van der Waals surface area contributed by atoms with Crippen LogP contribution < -0.4 is 31.3 Å². The van der Waals surface area contributed by atoms with Crippen molar-refractivity contribution in [2.75, 3.05) is 34.4 Å². The Morgan fingerprint density at radius 3 is 2.34 bits per heavy atom. The van der Waals surface area contributed by atoms with Gasteiger partial charge in [-0.05, 0) is 49.5 Å². The lowest BCUT2D eigenvalue weighted by Gasteiger charge is -2.13. The second-order valence-corrected chi connectivity index (χ2v) is 7.38. The first-order valence-electron chi connectivity index (χ1n) is 10.2. The number of ether oxygens (including phenoxy) is 2. The lowest BCUT2D eigenvalue weighted by atomic mass is 10.2. The van der Waals surface area contributed by atoms with E-state index in [2.05, 4.69) is 9.97 Å². The standard InChI is InChI=1S/C25H27N3O4/c1-28(2)14-15-32-22-13-12-19(17-23(22)31-3)10-7-11-20-24(29)27-21(25(30)26-20)16-18-8-5-4-6-9-18/h4-13,16-17H,14-15H2,1-3H3,(H,26,30)(H,27,29). The Balaban J connectivity index is 1.81. The van der Waals surface area contributed by atoms with Gasteiger partial charge in [-0.1, -0.05) is 48.6 Å². The summed E-state index contributed by atoms with van der Waals surface area (Å²) in [7, 11) is 5.56. The van der Waals surface area contributed by atoms with Crippen molar-refractivity contribution in [2.45, 2.75) is 0 Å². The van der Waals surface area contributed by atoms with Gasteiger partial charge in [-0.3, -0.25) is 9.59 Å². The van der Waals surface area contributed by atoms with Crippen LogP contribution in [0.2, 0.25) is 0 Å². The Hall–Kier alpha value is -3.84. The van der Waals surface area contributed by atoms with E-state index >= 15 is 0 Å². The summed E-state index contributed by atoms with van der Waals surface area (Å²) in [5, 5.41) is 0.379. The van der Waals surface area contributed by atoms with Crippen molar-refractivity contribution < 1.29 is 9.47 Å². The van der Waals surface area contributed by atoms with E-state index in [0.717, 1.165) is 17.7 Å². The van der Waals surface area contributed by atoms with Crippen LogP contribution >= 0.6 is 0 Å². The molecule has 3 rings (SSSR count). The highest BCUT2D eigenvalue weighted by atomic mass is 16.5. The van der Waals surface area contributed by atoms with Gasteiger partial charge >= 0.3 is 0 Å². The Labute approximate surface area is 186 Å². The molecule has 0 radical (unpaired) electrons. The highest BCUT2D eigenvalue weighted by molar-refractivity contribution is 5.60. The summed E-state index contributed by atoms with van der Waals surface area (Å²) < 4.78 is 11.2. The molecule has 32 heavy (non-hydrogen) atoms. The number of likely N-dealkylation sites (N-methyl/N-ethyl adjacent to an activating group) is 1. The minimum atomic E-state index is -0.376. The largest absolute Gasteiger partial charge is 0.493 e.